The first-order valence-electron chi connectivity index (χ1n) is 31.7. The van der Waals surface area contributed by atoms with E-state index < -0.39 is 185 Å². The van der Waals surface area contributed by atoms with Crippen LogP contribution in [-0.4, -0.2) is 165 Å². The molecule has 0 heterocycles. The molecule has 0 saturated heterocycles. The molecule has 7 rings (SSSR count). The zero-order valence-corrected chi connectivity index (χ0v) is 63.6. The Morgan fingerprint density at radius 2 is 0.627 bits per heavy atom. The van der Waals surface area contributed by atoms with Crippen LogP contribution in [0, 0.1) is 93.1 Å². The van der Waals surface area contributed by atoms with Gasteiger partial charge in [0.2, 0.25) is 9.23 Å². The molecule has 640 valence electrons. The number of benzene rings is 7. The molecule has 0 spiro atoms. The van der Waals surface area contributed by atoms with Gasteiger partial charge in [0.15, 0.2) is 98.9 Å². The third-order valence-electron chi connectivity index (χ3n) is 12.7. The van der Waals surface area contributed by atoms with E-state index in [4.69, 9.17) is 103 Å². The van der Waals surface area contributed by atoms with Crippen LogP contribution in [0.2, 0.25) is 0 Å². The molecule has 0 aromatic heterocycles. The monoisotopic (exact) mass is 1790 g/mol. The number of hydrogen-bond donors (Lipinski definition) is 6. The van der Waals surface area contributed by atoms with E-state index in [0.717, 1.165) is 0 Å². The highest BCUT2D eigenvalue weighted by molar-refractivity contribution is 8.26. The van der Waals surface area contributed by atoms with E-state index in [1.807, 2.05) is 14.7 Å². The summed E-state index contributed by atoms with van der Waals surface area (Å²) < 4.78 is 249. The summed E-state index contributed by atoms with van der Waals surface area (Å²) in [5.74, 6) is -38.0. The maximum atomic E-state index is 13.8. The van der Waals surface area contributed by atoms with Gasteiger partial charge >= 0.3 is 11.9 Å². The minimum absolute atomic E-state index is 0.0265. The number of carboxylic acids is 2. The molecule has 0 unspecified atom stereocenters. The Balaban J connectivity index is 0.00000136. The van der Waals surface area contributed by atoms with Gasteiger partial charge in [-0.15, -0.1) is 0 Å². The summed E-state index contributed by atoms with van der Waals surface area (Å²) in [6.07, 6.45) is -0.357. The van der Waals surface area contributed by atoms with E-state index in [1.54, 1.807) is 0 Å². The highest BCUT2D eigenvalue weighted by Crippen LogP contribution is 2.36. The van der Waals surface area contributed by atoms with Crippen LogP contribution in [0.5, 0.6) is 0 Å². The zero-order chi connectivity index (χ0) is 89.4. The van der Waals surface area contributed by atoms with Gasteiger partial charge < -0.3 is 59.7 Å². The molecule has 0 atom stereocenters. The van der Waals surface area contributed by atoms with E-state index in [9.17, 15) is 89.4 Å². The maximum Gasteiger partial charge on any atom is 0.341 e. The van der Waals surface area contributed by atoms with Crippen molar-refractivity contribution in [1.82, 2.24) is 0 Å². The molecule has 32 nitrogen and oxygen atoms in total. The fourth-order valence-electron chi connectivity index (χ4n) is 7.83. The first-order valence-corrected chi connectivity index (χ1v) is 36.3. The first kappa shape index (κ1) is 107. The van der Waals surface area contributed by atoms with E-state index in [-0.39, 0.29) is 52.7 Å². The highest BCUT2D eigenvalue weighted by atomic mass is 36.0. The maximum absolute atomic E-state index is 13.8. The van der Waals surface area contributed by atoms with Crippen LogP contribution in [0.4, 0.5) is 93.0 Å². The molecule has 0 aliphatic rings. The van der Waals surface area contributed by atoms with Crippen LogP contribution in [0.15, 0.2) is 117 Å². The Kier molecular flexibility index (Phi) is 56.0. The number of nitrogens with two attached hydrogens (primary N) is 1. The second-order valence-corrected chi connectivity index (χ2v) is 25.3. The minimum Gasteiger partial charge on any atom is -0.477 e. The largest absolute Gasteiger partial charge is 0.477 e. The van der Waals surface area contributed by atoms with Crippen LogP contribution in [0.1, 0.15) is 54.3 Å². The van der Waals surface area contributed by atoms with Crippen molar-refractivity contribution >= 4 is 112 Å². The Morgan fingerprint density at radius 1 is 0.381 bits per heavy atom. The number of ketones is 1. The fourth-order valence-corrected chi connectivity index (χ4v) is 10.3. The molecule has 7 N–H and O–H groups in total. The third kappa shape index (κ3) is 37.3. The van der Waals surface area contributed by atoms with Crippen LogP contribution in [0.3, 0.4) is 0 Å². The number of carbonyl (C=O) groups excluding carboxylic acids is 2. The Labute approximate surface area is 671 Å². The summed E-state index contributed by atoms with van der Waals surface area (Å²) in [7, 11) is 6.91. The lowest BCUT2D eigenvalue weighted by molar-refractivity contribution is 0.0320. The van der Waals surface area contributed by atoms with Crippen molar-refractivity contribution in [3.8, 4) is 0 Å². The minimum atomic E-state index is -2.18. The molecular formula is C65H60Cl3F16N16O16PS. The molecule has 7 aromatic carbocycles. The lowest BCUT2D eigenvalue weighted by Crippen LogP contribution is -2.20. The van der Waals surface area contributed by atoms with Crippen LogP contribution in [0.25, 0.3) is 52.2 Å². The molecule has 0 radical (unpaired) electrons. The predicted molar refractivity (Wildman–Crippen MR) is 392 cm³/mol. The van der Waals surface area contributed by atoms with Crippen LogP contribution >= 0.6 is 40.9 Å². The van der Waals surface area contributed by atoms with E-state index in [1.165, 1.54) is 15.9 Å². The average Bonchev–Trinajstić information content (AvgIpc) is 0.796. The third-order valence-corrected chi connectivity index (χ3v) is 15.3. The molecule has 0 aliphatic heterocycles. The summed E-state index contributed by atoms with van der Waals surface area (Å²) in [5, 5.41) is 57.2. The van der Waals surface area contributed by atoms with Crippen LogP contribution in [-0.2, 0) is 37.6 Å². The van der Waals surface area contributed by atoms with Gasteiger partial charge in [0.1, 0.15) is 39.4 Å². The molecule has 0 bridgehead atoms. The number of Topliss-reactive ketones (excluding diaryl/α,β-unsaturated/α-hetero) is 1. The van der Waals surface area contributed by atoms with Gasteiger partial charge in [-0.25, -0.2) is 84.0 Å². The second-order valence-electron chi connectivity index (χ2n) is 20.2. The number of hydrogen-bond acceptors (Lipinski definition) is 20. The molecule has 7 aromatic rings. The van der Waals surface area contributed by atoms with Crippen molar-refractivity contribution in [1.29, 1.82) is 0 Å². The van der Waals surface area contributed by atoms with Crippen LogP contribution < -0.4 is 21.6 Å². The highest BCUT2D eigenvalue weighted by Gasteiger charge is 2.32. The molecule has 53 heteroatoms. The Hall–Kier alpha value is -10.7. The quantitative estimate of drug-likeness (QED) is 0.00247. The summed E-state index contributed by atoms with van der Waals surface area (Å²) in [6, 6.07) is 32.3. The van der Waals surface area contributed by atoms with Crippen molar-refractivity contribution in [2.45, 2.75) is 12.8 Å². The van der Waals surface area contributed by atoms with E-state index in [2.05, 4.69) is 148 Å². The standard InChI is InChI=1S/C18H15P.C14H15F4N3O4.C7ClF4N3O.2C7HF4N3O2.C6H13N3O3.C6H15NO3.Cl2OS/c1-4-10-16(11-5-1)19(17-12-6-2-7-13-17)18-14-8-3-9-15-18;15-10-9(11(16)13(18)14(12(10)17)20-21-19)8(23)2-1-4-24-6-7-25-5-3-22;8-7(16)1-2(9)4(11)6(14-15-13)5(12)3(1)10;2*8-2-1(7(15)16)3(9)5(11)6(4(2)10)13-14-12;7-9-8-1-3-11-5-6-12-4-2-10;7-1-3-9-5-6-10-4-2-8;1-4(2)3/h1-15H;22H,1-7H2;;2*(H,15,16);10H,1-6H2;8H,1-7H2;. The number of ether oxygens (including phenoxy) is 6. The average molecular weight is 1790 g/mol. The molecule has 0 saturated carbocycles. The number of aromatic carboxylic acids is 2. The summed E-state index contributed by atoms with van der Waals surface area (Å²) >= 11 is 4.73. The second kappa shape index (κ2) is 61.6. The molecule has 0 fully saturated rings. The van der Waals surface area contributed by atoms with Gasteiger partial charge in [-0.05, 0) is 69.5 Å². The number of halogens is 19. The van der Waals surface area contributed by atoms with Crippen molar-refractivity contribution in [2.75, 3.05) is 112 Å². The number of nitrogens with zero attached hydrogens (tertiary/aromatic N) is 15. The van der Waals surface area contributed by atoms with Gasteiger partial charge in [0, 0.05) is 72.0 Å². The van der Waals surface area contributed by atoms with Crippen molar-refractivity contribution in [2.24, 2.45) is 31.3 Å². The number of rotatable bonds is 35. The zero-order valence-electron chi connectivity index (χ0n) is 59.6. The molecule has 0 amide bonds. The normalized spacial score (nSPS) is 10.0. The number of carbonyl (C=O) groups is 4. The summed E-state index contributed by atoms with van der Waals surface area (Å²) in [6.45, 7) is 5.15. The SMILES string of the molecule is NCCOCCOCCO.O=S(Cl)Cl.[N-]=[N+]=NCCOCCOCCO.[N-]=[N+]=Nc1c(F)c(F)c(C(=O)CCCOCCOCCO)c(F)c1F.[N-]=[N+]=Nc1c(F)c(F)c(C(=O)Cl)c(F)c1F.[N-]=[N+]=Nc1c(F)c(F)c(C(=O)O)c(F)c1F.[N-]=[N+]=Nc1c(F)c(F)c(C(=O)O)c(F)c1F.c1ccc(P(c2ccccc2)c2ccccc2)cc1. The smallest absolute Gasteiger partial charge is 0.341 e. The van der Waals surface area contributed by atoms with Gasteiger partial charge in [-0.2, -0.15) is 0 Å². The van der Waals surface area contributed by atoms with Crippen molar-refractivity contribution < 1.29 is 148 Å². The topological polar surface area (TPSA) is 512 Å². The number of carboxylic acid groups (broad SMARTS) is 2. The van der Waals surface area contributed by atoms with Crippen molar-refractivity contribution in [3.63, 3.8) is 0 Å². The van der Waals surface area contributed by atoms with Crippen molar-refractivity contribution in [3.05, 3.63) is 259 Å². The number of aliphatic hydroxyl groups excluding tert-OH is 3. The molecular weight excluding hydrogens is 1730 g/mol. The fraction of sp³-hybridized carbons (Fsp3) is 0.292. The summed E-state index contributed by atoms with van der Waals surface area (Å²) in [5.41, 5.74) is 32.3. The number of aliphatic hydroxyl groups is 3. The predicted octanol–water partition coefficient (Wildman–Crippen LogP) is 16.3. The molecule has 0 aliphatic carbocycles. The Bertz CT molecular complexity index is 4160. The molecule has 118 heavy (non-hydrogen) atoms. The van der Waals surface area contributed by atoms with Gasteiger partial charge in [0.25, 0.3) is 5.24 Å². The number of azide groups is 5. The van der Waals surface area contributed by atoms with Gasteiger partial charge in [-0.1, -0.05) is 117 Å². The van der Waals surface area contributed by atoms with E-state index >= 15 is 0 Å². The lowest BCUT2D eigenvalue weighted by Gasteiger charge is -2.18. The summed E-state index contributed by atoms with van der Waals surface area (Å²) in [4.78, 5) is 53.4. The van der Waals surface area contributed by atoms with Gasteiger partial charge in [-0.3, -0.25) is 9.59 Å². The lowest BCUT2D eigenvalue weighted by atomic mass is 10.0. The Morgan fingerprint density at radius 3 is 0.864 bits per heavy atom. The first-order chi connectivity index (χ1) is 56.2. The van der Waals surface area contributed by atoms with Gasteiger partial charge in [0.05, 0.1) is 98.1 Å². The van der Waals surface area contributed by atoms with E-state index in [0.29, 0.717) is 65.9 Å².